The fourth-order valence-corrected chi connectivity index (χ4v) is 1.13. The summed E-state index contributed by atoms with van der Waals surface area (Å²) in [7, 11) is 0. The Labute approximate surface area is 84.6 Å². The third kappa shape index (κ3) is 2.60. The number of aliphatic hydroxyl groups is 1. The molecule has 0 fully saturated rings. The Morgan fingerprint density at radius 3 is 2.93 bits per heavy atom. The first-order chi connectivity index (χ1) is 6.65. The summed E-state index contributed by atoms with van der Waals surface area (Å²) in [4.78, 5) is 2.50. The van der Waals surface area contributed by atoms with Crippen LogP contribution in [-0.4, -0.2) is 11.7 Å². The molecule has 0 amide bonds. The molecule has 0 radical (unpaired) electrons. The van der Waals surface area contributed by atoms with Gasteiger partial charge in [-0.25, -0.2) is 4.39 Å². The first-order valence-corrected chi connectivity index (χ1v) is 4.17. The van der Waals surface area contributed by atoms with Crippen molar-refractivity contribution >= 4 is 11.6 Å². The van der Waals surface area contributed by atoms with Crippen LogP contribution in [0.15, 0.2) is 23.3 Å². The second-order valence-electron chi connectivity index (χ2n) is 2.60. The average molecular weight is 216 g/mol. The molecule has 1 N–H and O–H groups in total. The standard InChI is InChI=1S/C8H7ClFN3O/c9-6-3-5(1-2-7(6)10)8(14)4-12-13-11/h1-3,8,14H,4H2/t8-/m0/s1. The van der Waals surface area contributed by atoms with Crippen LogP contribution < -0.4 is 0 Å². The predicted molar refractivity (Wildman–Crippen MR) is 50.4 cm³/mol. The van der Waals surface area contributed by atoms with Crippen molar-refractivity contribution in [1.82, 2.24) is 0 Å². The van der Waals surface area contributed by atoms with Crippen LogP contribution in [-0.2, 0) is 0 Å². The normalized spacial score (nSPS) is 11.9. The molecule has 1 atom stereocenters. The summed E-state index contributed by atoms with van der Waals surface area (Å²) in [6.45, 7) is -0.0987. The molecular weight excluding hydrogens is 209 g/mol. The van der Waals surface area contributed by atoms with Gasteiger partial charge in [-0.15, -0.1) is 0 Å². The van der Waals surface area contributed by atoms with Gasteiger partial charge in [-0.05, 0) is 23.2 Å². The number of azide groups is 1. The lowest BCUT2D eigenvalue weighted by atomic mass is 10.1. The van der Waals surface area contributed by atoms with Gasteiger partial charge >= 0.3 is 0 Å². The third-order valence-electron chi connectivity index (χ3n) is 1.65. The van der Waals surface area contributed by atoms with Crippen LogP contribution in [0.4, 0.5) is 4.39 Å². The summed E-state index contributed by atoms with van der Waals surface area (Å²) in [5, 5.41) is 12.5. The monoisotopic (exact) mass is 215 g/mol. The van der Waals surface area contributed by atoms with Crippen LogP contribution in [0.2, 0.25) is 5.02 Å². The molecule has 74 valence electrons. The molecule has 0 saturated carbocycles. The molecule has 0 saturated heterocycles. The Bertz CT molecular complexity index is 379. The van der Waals surface area contributed by atoms with Crippen molar-refractivity contribution in [2.45, 2.75) is 6.10 Å². The molecule has 0 aliphatic heterocycles. The Balaban J connectivity index is 2.85. The molecule has 0 unspecified atom stereocenters. The van der Waals surface area contributed by atoms with E-state index in [-0.39, 0.29) is 11.6 Å². The molecule has 1 aromatic rings. The molecule has 4 nitrogen and oxygen atoms in total. The van der Waals surface area contributed by atoms with E-state index in [0.717, 1.165) is 6.07 Å². The van der Waals surface area contributed by atoms with Gasteiger partial charge < -0.3 is 5.11 Å². The number of rotatable bonds is 3. The molecule has 6 heteroatoms. The van der Waals surface area contributed by atoms with E-state index >= 15 is 0 Å². The lowest BCUT2D eigenvalue weighted by Gasteiger charge is -2.07. The van der Waals surface area contributed by atoms with Crippen molar-refractivity contribution in [2.24, 2.45) is 5.11 Å². The average Bonchev–Trinajstić information content (AvgIpc) is 2.18. The van der Waals surface area contributed by atoms with Crippen LogP contribution in [0.5, 0.6) is 0 Å². The maximum atomic E-state index is 12.7. The zero-order chi connectivity index (χ0) is 10.6. The summed E-state index contributed by atoms with van der Waals surface area (Å²) in [6, 6.07) is 3.84. The summed E-state index contributed by atoms with van der Waals surface area (Å²) in [6.07, 6.45) is -0.955. The minimum absolute atomic E-state index is 0.0671. The van der Waals surface area contributed by atoms with Crippen LogP contribution in [0.3, 0.4) is 0 Å². The van der Waals surface area contributed by atoms with Crippen molar-refractivity contribution in [3.8, 4) is 0 Å². The summed E-state index contributed by atoms with van der Waals surface area (Å²) >= 11 is 5.50. The molecule has 0 spiro atoms. The second kappa shape index (κ2) is 4.81. The van der Waals surface area contributed by atoms with Gasteiger partial charge in [0, 0.05) is 4.91 Å². The number of aliphatic hydroxyl groups excluding tert-OH is 1. The van der Waals surface area contributed by atoms with Gasteiger partial charge in [0.2, 0.25) is 0 Å². The van der Waals surface area contributed by atoms with Gasteiger partial charge in [0.05, 0.1) is 17.7 Å². The Morgan fingerprint density at radius 2 is 2.36 bits per heavy atom. The Kier molecular flexibility index (Phi) is 3.71. The van der Waals surface area contributed by atoms with Crippen molar-refractivity contribution in [1.29, 1.82) is 0 Å². The quantitative estimate of drug-likeness (QED) is 0.470. The summed E-state index contributed by atoms with van der Waals surface area (Å²) in [5.74, 6) is -0.550. The van der Waals surface area contributed by atoms with Crippen LogP contribution in [0.1, 0.15) is 11.7 Å². The predicted octanol–water partition coefficient (Wildman–Crippen LogP) is 2.82. The van der Waals surface area contributed by atoms with Gasteiger partial charge in [0.1, 0.15) is 5.82 Å². The summed E-state index contributed by atoms with van der Waals surface area (Å²) < 4.78 is 12.7. The highest BCUT2D eigenvalue weighted by atomic mass is 35.5. The zero-order valence-electron chi connectivity index (χ0n) is 7.06. The van der Waals surface area contributed by atoms with Gasteiger partial charge in [-0.2, -0.15) is 0 Å². The van der Waals surface area contributed by atoms with E-state index in [0.29, 0.717) is 5.56 Å². The topological polar surface area (TPSA) is 69.0 Å². The maximum absolute atomic E-state index is 12.7. The summed E-state index contributed by atoms with van der Waals surface area (Å²) in [5.41, 5.74) is 8.44. The van der Waals surface area contributed by atoms with E-state index in [9.17, 15) is 9.50 Å². The molecule has 0 aliphatic rings. The van der Waals surface area contributed by atoms with Crippen molar-refractivity contribution in [3.63, 3.8) is 0 Å². The van der Waals surface area contributed by atoms with E-state index in [2.05, 4.69) is 10.0 Å². The van der Waals surface area contributed by atoms with E-state index in [1.807, 2.05) is 0 Å². The molecule has 1 rings (SSSR count). The largest absolute Gasteiger partial charge is 0.388 e. The minimum Gasteiger partial charge on any atom is -0.388 e. The van der Waals surface area contributed by atoms with E-state index < -0.39 is 11.9 Å². The van der Waals surface area contributed by atoms with Gasteiger partial charge in [0.15, 0.2) is 0 Å². The SMILES string of the molecule is [N-]=[N+]=NC[C@H](O)c1ccc(F)c(Cl)c1. The molecule has 0 heterocycles. The van der Waals surface area contributed by atoms with Gasteiger partial charge in [-0.1, -0.05) is 22.8 Å². The number of hydrogen-bond acceptors (Lipinski definition) is 2. The lowest BCUT2D eigenvalue weighted by molar-refractivity contribution is 0.186. The highest BCUT2D eigenvalue weighted by Gasteiger charge is 2.08. The molecular formula is C8H7ClFN3O. The van der Waals surface area contributed by atoms with E-state index in [1.165, 1.54) is 12.1 Å². The van der Waals surface area contributed by atoms with Crippen LogP contribution in [0.25, 0.3) is 10.4 Å². The molecule has 0 bridgehead atoms. The van der Waals surface area contributed by atoms with Crippen molar-refractivity contribution in [3.05, 3.63) is 45.0 Å². The first kappa shape index (κ1) is 10.8. The number of benzene rings is 1. The third-order valence-corrected chi connectivity index (χ3v) is 1.94. The second-order valence-corrected chi connectivity index (χ2v) is 3.01. The minimum atomic E-state index is -0.955. The lowest BCUT2D eigenvalue weighted by Crippen LogP contribution is -2.00. The first-order valence-electron chi connectivity index (χ1n) is 3.79. The van der Waals surface area contributed by atoms with Crippen molar-refractivity contribution in [2.75, 3.05) is 6.54 Å². The van der Waals surface area contributed by atoms with Crippen LogP contribution in [0, 0.1) is 5.82 Å². The Morgan fingerprint density at radius 1 is 1.64 bits per heavy atom. The highest BCUT2D eigenvalue weighted by molar-refractivity contribution is 6.30. The van der Waals surface area contributed by atoms with Crippen LogP contribution >= 0.6 is 11.6 Å². The highest BCUT2D eigenvalue weighted by Crippen LogP contribution is 2.20. The molecule has 0 aliphatic carbocycles. The Hall–Kier alpha value is -1.29. The molecule has 14 heavy (non-hydrogen) atoms. The maximum Gasteiger partial charge on any atom is 0.141 e. The molecule has 0 aromatic heterocycles. The smallest absolute Gasteiger partial charge is 0.141 e. The number of halogens is 2. The van der Waals surface area contributed by atoms with Gasteiger partial charge in [-0.3, -0.25) is 0 Å². The number of nitrogens with zero attached hydrogens (tertiary/aromatic N) is 3. The molecule has 1 aromatic carbocycles. The fraction of sp³-hybridized carbons (Fsp3) is 0.250. The van der Waals surface area contributed by atoms with E-state index in [4.69, 9.17) is 17.1 Å². The zero-order valence-corrected chi connectivity index (χ0v) is 7.82. The fourth-order valence-electron chi connectivity index (χ4n) is 0.939. The van der Waals surface area contributed by atoms with E-state index in [1.54, 1.807) is 0 Å². The van der Waals surface area contributed by atoms with Crippen molar-refractivity contribution < 1.29 is 9.50 Å². The number of hydrogen-bond donors (Lipinski definition) is 1. The van der Waals surface area contributed by atoms with Gasteiger partial charge in [0.25, 0.3) is 0 Å².